The topological polar surface area (TPSA) is 66.2 Å². The minimum atomic E-state index is -0.237. The number of aromatic nitrogens is 1. The monoisotopic (exact) mass is 417 g/mol. The van der Waals surface area contributed by atoms with E-state index in [1.54, 1.807) is 10.3 Å². The molecule has 2 heterocycles. The van der Waals surface area contributed by atoms with Crippen LogP contribution in [0.15, 0.2) is 41.8 Å². The number of nitriles is 1. The molecule has 1 amide bonds. The van der Waals surface area contributed by atoms with Crippen LogP contribution < -0.4 is 9.64 Å². The van der Waals surface area contributed by atoms with E-state index in [9.17, 15) is 4.79 Å². The number of carbonyl (C=O) groups is 1. The van der Waals surface area contributed by atoms with Crippen LogP contribution in [-0.2, 0) is 0 Å². The predicted molar refractivity (Wildman–Crippen MR) is 110 cm³/mol. The fourth-order valence-corrected chi connectivity index (χ4v) is 4.36. The van der Waals surface area contributed by atoms with Crippen LogP contribution in [0, 0.1) is 11.3 Å². The molecule has 0 aliphatic rings. The highest BCUT2D eigenvalue weighted by atomic mass is 35.5. The Bertz CT molecular complexity index is 960. The molecule has 0 saturated heterocycles. The molecule has 0 fully saturated rings. The van der Waals surface area contributed by atoms with Gasteiger partial charge < -0.3 is 9.64 Å². The number of thiazole rings is 1. The highest BCUT2D eigenvalue weighted by molar-refractivity contribution is 7.23. The van der Waals surface area contributed by atoms with Crippen molar-refractivity contribution in [3.05, 3.63) is 51.8 Å². The summed E-state index contributed by atoms with van der Waals surface area (Å²) < 4.78 is 6.12. The average Bonchev–Trinajstić information content (AvgIpc) is 3.32. The number of hydrogen-bond donors (Lipinski definition) is 0. The molecule has 0 saturated carbocycles. The third-order valence-corrected chi connectivity index (χ3v) is 5.90. The van der Waals surface area contributed by atoms with Gasteiger partial charge in [-0.15, -0.1) is 22.7 Å². The van der Waals surface area contributed by atoms with Gasteiger partial charge in [-0.2, -0.15) is 5.26 Å². The van der Waals surface area contributed by atoms with E-state index in [0.717, 1.165) is 15.6 Å². The van der Waals surface area contributed by atoms with Crippen molar-refractivity contribution in [3.8, 4) is 21.7 Å². The molecule has 3 aromatic rings. The van der Waals surface area contributed by atoms with Crippen molar-refractivity contribution in [2.75, 3.05) is 18.1 Å². The van der Waals surface area contributed by atoms with Crippen molar-refractivity contribution in [2.45, 2.75) is 13.3 Å². The van der Waals surface area contributed by atoms with Crippen LogP contribution in [-0.4, -0.2) is 24.0 Å². The number of carbonyl (C=O) groups excluding carboxylic acids is 1. The number of nitrogens with zero attached hydrogens (tertiary/aromatic N) is 3. The van der Waals surface area contributed by atoms with Crippen molar-refractivity contribution in [2.24, 2.45) is 0 Å². The molecule has 0 unspecified atom stereocenters. The molecule has 0 atom stereocenters. The summed E-state index contributed by atoms with van der Waals surface area (Å²) in [5.74, 6) is 0.499. The first-order valence-corrected chi connectivity index (χ1v) is 10.3. The number of benzene rings is 1. The zero-order valence-corrected chi connectivity index (χ0v) is 16.9. The molecule has 0 radical (unpaired) electrons. The first kappa shape index (κ1) is 19.4. The Hall–Kier alpha value is -2.40. The molecule has 138 valence electrons. The number of anilines is 1. The first-order valence-electron chi connectivity index (χ1n) is 8.25. The van der Waals surface area contributed by atoms with Crippen molar-refractivity contribution >= 4 is 45.9 Å². The van der Waals surface area contributed by atoms with Gasteiger partial charge in [0.25, 0.3) is 5.91 Å². The van der Waals surface area contributed by atoms with Gasteiger partial charge in [0.15, 0.2) is 0 Å². The number of amides is 1. The standard InChI is InChI=1S/C19H16ClN3O2S2/c1-2-25-14-6-4-13(5-7-14)23(11-3-10-21)19(24)15-12-26-18(22-15)16-8-9-17(20)27-16/h4-9,12H,2-3,11H2,1H3. The SMILES string of the molecule is CCOc1ccc(N(CCC#N)C(=O)c2csc(-c3ccc(Cl)s3)n2)cc1. The first-order chi connectivity index (χ1) is 13.1. The van der Waals surface area contributed by atoms with Gasteiger partial charge in [0.1, 0.15) is 16.5 Å². The third-order valence-electron chi connectivity index (χ3n) is 3.66. The van der Waals surface area contributed by atoms with E-state index in [0.29, 0.717) is 28.9 Å². The number of thiophene rings is 1. The number of rotatable bonds is 7. The van der Waals surface area contributed by atoms with E-state index in [-0.39, 0.29) is 12.3 Å². The molecule has 8 heteroatoms. The summed E-state index contributed by atoms with van der Waals surface area (Å²) in [6, 6.07) is 13.0. The van der Waals surface area contributed by atoms with Gasteiger partial charge in [0.2, 0.25) is 0 Å². The van der Waals surface area contributed by atoms with Gasteiger partial charge in [-0.05, 0) is 43.3 Å². The lowest BCUT2D eigenvalue weighted by molar-refractivity contribution is 0.0983. The molecule has 0 bridgehead atoms. The van der Waals surface area contributed by atoms with Gasteiger partial charge in [0, 0.05) is 17.6 Å². The van der Waals surface area contributed by atoms with Crippen molar-refractivity contribution < 1.29 is 9.53 Å². The van der Waals surface area contributed by atoms with Crippen molar-refractivity contribution in [3.63, 3.8) is 0 Å². The van der Waals surface area contributed by atoms with Crippen molar-refractivity contribution in [1.82, 2.24) is 4.98 Å². The maximum atomic E-state index is 13.0. The fourth-order valence-electron chi connectivity index (χ4n) is 2.45. The van der Waals surface area contributed by atoms with Crippen LogP contribution >= 0.6 is 34.3 Å². The minimum Gasteiger partial charge on any atom is -0.494 e. The number of hydrogen-bond acceptors (Lipinski definition) is 6. The minimum absolute atomic E-state index is 0.233. The average molecular weight is 418 g/mol. The maximum Gasteiger partial charge on any atom is 0.277 e. The lowest BCUT2D eigenvalue weighted by Gasteiger charge is -2.21. The Morgan fingerprint density at radius 1 is 1.30 bits per heavy atom. The summed E-state index contributed by atoms with van der Waals surface area (Å²) in [6.07, 6.45) is 0.233. The molecule has 0 aliphatic heterocycles. The second-order valence-electron chi connectivity index (χ2n) is 5.43. The van der Waals surface area contributed by atoms with Gasteiger partial charge in [-0.25, -0.2) is 4.98 Å². The molecule has 2 aromatic heterocycles. The van der Waals surface area contributed by atoms with Crippen LogP contribution in [0.25, 0.3) is 9.88 Å². The Morgan fingerprint density at radius 3 is 2.70 bits per heavy atom. The Morgan fingerprint density at radius 2 is 2.07 bits per heavy atom. The molecule has 3 rings (SSSR count). The van der Waals surface area contributed by atoms with E-state index in [4.69, 9.17) is 21.6 Å². The fraction of sp³-hybridized carbons (Fsp3) is 0.211. The van der Waals surface area contributed by atoms with Gasteiger partial charge in [-0.1, -0.05) is 11.6 Å². The van der Waals surface area contributed by atoms with E-state index in [2.05, 4.69) is 11.1 Å². The van der Waals surface area contributed by atoms with Gasteiger partial charge in [-0.3, -0.25) is 4.79 Å². The zero-order chi connectivity index (χ0) is 19.2. The smallest absolute Gasteiger partial charge is 0.277 e. The quantitative estimate of drug-likeness (QED) is 0.510. The highest BCUT2D eigenvalue weighted by Crippen LogP contribution is 2.33. The van der Waals surface area contributed by atoms with Crippen LogP contribution in [0.4, 0.5) is 5.69 Å². The second-order valence-corrected chi connectivity index (χ2v) is 8.01. The Balaban J connectivity index is 1.85. The van der Waals surface area contributed by atoms with Crippen LogP contribution in [0.5, 0.6) is 5.75 Å². The molecule has 1 aromatic carbocycles. The normalized spacial score (nSPS) is 10.4. The molecule has 0 spiro atoms. The zero-order valence-electron chi connectivity index (χ0n) is 14.5. The lowest BCUT2D eigenvalue weighted by atomic mass is 10.2. The van der Waals surface area contributed by atoms with Gasteiger partial charge in [0.05, 0.1) is 28.3 Å². The molecule has 0 aliphatic carbocycles. The maximum absolute atomic E-state index is 13.0. The molecular weight excluding hydrogens is 402 g/mol. The van der Waals surface area contributed by atoms with E-state index < -0.39 is 0 Å². The summed E-state index contributed by atoms with van der Waals surface area (Å²) in [5, 5.41) is 11.4. The Labute approximate surface area is 170 Å². The third kappa shape index (κ3) is 4.66. The number of ether oxygens (including phenoxy) is 1. The summed E-state index contributed by atoms with van der Waals surface area (Å²) >= 11 is 8.80. The van der Waals surface area contributed by atoms with Crippen molar-refractivity contribution in [1.29, 1.82) is 5.26 Å². The second kappa shape index (κ2) is 9.00. The molecule has 0 N–H and O–H groups in total. The number of halogens is 1. The molecule has 27 heavy (non-hydrogen) atoms. The van der Waals surface area contributed by atoms with E-state index in [1.165, 1.54) is 22.7 Å². The summed E-state index contributed by atoms with van der Waals surface area (Å²) in [7, 11) is 0. The van der Waals surface area contributed by atoms with Crippen LogP contribution in [0.3, 0.4) is 0 Å². The lowest BCUT2D eigenvalue weighted by Crippen LogP contribution is -2.32. The van der Waals surface area contributed by atoms with E-state index in [1.807, 2.05) is 43.3 Å². The van der Waals surface area contributed by atoms with Crippen LogP contribution in [0.2, 0.25) is 4.34 Å². The molecular formula is C19H16ClN3O2S2. The summed E-state index contributed by atoms with van der Waals surface area (Å²) in [6.45, 7) is 2.78. The highest BCUT2D eigenvalue weighted by Gasteiger charge is 2.21. The van der Waals surface area contributed by atoms with Gasteiger partial charge >= 0.3 is 0 Å². The predicted octanol–water partition coefficient (Wildman–Crippen LogP) is 5.48. The largest absolute Gasteiger partial charge is 0.494 e. The Kier molecular flexibility index (Phi) is 6.45. The van der Waals surface area contributed by atoms with E-state index >= 15 is 0 Å². The summed E-state index contributed by atoms with van der Waals surface area (Å²) in [5.41, 5.74) is 1.05. The molecule has 5 nitrogen and oxygen atoms in total. The summed E-state index contributed by atoms with van der Waals surface area (Å²) in [4.78, 5) is 20.0. The van der Waals surface area contributed by atoms with Crippen LogP contribution in [0.1, 0.15) is 23.8 Å².